The summed E-state index contributed by atoms with van der Waals surface area (Å²) in [6, 6.07) is 6.40. The van der Waals surface area contributed by atoms with Gasteiger partial charge in [0.1, 0.15) is 23.7 Å². The molecule has 0 N–H and O–H groups in total. The highest BCUT2D eigenvalue weighted by molar-refractivity contribution is 5.74. The molecule has 1 rings (SSSR count). The third-order valence-corrected chi connectivity index (χ3v) is 2.76. The normalized spacial score (nSPS) is 12.4. The molecule has 0 spiro atoms. The van der Waals surface area contributed by atoms with Crippen molar-refractivity contribution < 1.29 is 19.1 Å². The minimum Gasteiger partial charge on any atom is -0.494 e. The van der Waals surface area contributed by atoms with Crippen LogP contribution in [0.3, 0.4) is 0 Å². The Labute approximate surface area is 125 Å². The molecule has 0 bridgehead atoms. The Morgan fingerprint density at radius 3 is 2.29 bits per heavy atom. The predicted molar refractivity (Wildman–Crippen MR) is 80.4 cm³/mol. The topological polar surface area (TPSA) is 55.8 Å². The Hall–Kier alpha value is -2.04. The molecular formula is C16H23NO4. The molecule has 1 atom stereocenters. The fourth-order valence-electron chi connectivity index (χ4n) is 1.77. The zero-order chi connectivity index (χ0) is 16.0. The van der Waals surface area contributed by atoms with E-state index in [1.807, 2.05) is 6.92 Å². The number of nitrogens with zero attached hydrogens (tertiary/aromatic N) is 1. The molecule has 0 aliphatic carbocycles. The lowest BCUT2D eigenvalue weighted by atomic mass is 10.1. The molecule has 1 amide bonds. The third kappa shape index (κ3) is 5.10. The SMILES string of the molecule is CCOc1ccc(C(C=O)N(C)C(=O)OC(C)(C)C)cc1. The van der Waals surface area contributed by atoms with Gasteiger partial charge in [0, 0.05) is 7.05 Å². The Balaban J connectivity index is 2.86. The smallest absolute Gasteiger partial charge is 0.410 e. The Bertz CT molecular complexity index is 476. The lowest BCUT2D eigenvalue weighted by Gasteiger charge is -2.28. The molecule has 0 aliphatic rings. The quantitative estimate of drug-likeness (QED) is 0.782. The van der Waals surface area contributed by atoms with Crippen LogP contribution in [0, 0.1) is 0 Å². The molecule has 0 aliphatic heterocycles. The maximum Gasteiger partial charge on any atom is 0.410 e. The molecule has 21 heavy (non-hydrogen) atoms. The average Bonchev–Trinajstić information content (AvgIpc) is 2.39. The van der Waals surface area contributed by atoms with Gasteiger partial charge < -0.3 is 14.3 Å². The first-order chi connectivity index (χ1) is 9.78. The number of hydrogen-bond donors (Lipinski definition) is 0. The molecule has 0 saturated heterocycles. The van der Waals surface area contributed by atoms with E-state index in [2.05, 4.69) is 0 Å². The summed E-state index contributed by atoms with van der Waals surface area (Å²) in [5.41, 5.74) is 0.110. The zero-order valence-corrected chi connectivity index (χ0v) is 13.3. The van der Waals surface area contributed by atoms with Gasteiger partial charge in [-0.3, -0.25) is 4.90 Å². The Morgan fingerprint density at radius 1 is 1.29 bits per heavy atom. The molecule has 5 heteroatoms. The van der Waals surface area contributed by atoms with Crippen molar-refractivity contribution in [3.63, 3.8) is 0 Å². The van der Waals surface area contributed by atoms with Crippen molar-refractivity contribution in [3.05, 3.63) is 29.8 Å². The van der Waals surface area contributed by atoms with Gasteiger partial charge in [-0.15, -0.1) is 0 Å². The number of hydrogen-bond acceptors (Lipinski definition) is 4. The minimum atomic E-state index is -0.685. The molecule has 0 aromatic heterocycles. The second kappa shape index (κ2) is 7.11. The van der Waals surface area contributed by atoms with Gasteiger partial charge in [0.05, 0.1) is 6.61 Å². The number of amides is 1. The molecule has 1 unspecified atom stereocenters. The largest absolute Gasteiger partial charge is 0.494 e. The van der Waals surface area contributed by atoms with E-state index in [0.29, 0.717) is 12.2 Å². The van der Waals surface area contributed by atoms with E-state index < -0.39 is 17.7 Å². The first-order valence-electron chi connectivity index (χ1n) is 6.92. The summed E-state index contributed by atoms with van der Waals surface area (Å²) < 4.78 is 10.6. The van der Waals surface area contributed by atoms with Crippen LogP contribution in [0.25, 0.3) is 0 Å². The van der Waals surface area contributed by atoms with Crippen molar-refractivity contribution in [2.45, 2.75) is 39.3 Å². The highest BCUT2D eigenvalue weighted by Crippen LogP contribution is 2.22. The Morgan fingerprint density at radius 2 is 1.86 bits per heavy atom. The second-order valence-electron chi connectivity index (χ2n) is 5.67. The van der Waals surface area contributed by atoms with Gasteiger partial charge in [0.2, 0.25) is 0 Å². The summed E-state index contributed by atoms with van der Waals surface area (Å²) in [6.07, 6.45) is 0.188. The van der Waals surface area contributed by atoms with Crippen molar-refractivity contribution in [2.24, 2.45) is 0 Å². The summed E-state index contributed by atoms with van der Waals surface area (Å²) in [5, 5.41) is 0. The number of carbonyl (C=O) groups excluding carboxylic acids is 2. The lowest BCUT2D eigenvalue weighted by molar-refractivity contribution is -0.112. The fourth-order valence-corrected chi connectivity index (χ4v) is 1.77. The van der Waals surface area contributed by atoms with Crippen LogP contribution in [-0.2, 0) is 9.53 Å². The fraction of sp³-hybridized carbons (Fsp3) is 0.500. The van der Waals surface area contributed by atoms with E-state index in [1.165, 1.54) is 4.90 Å². The maximum atomic E-state index is 12.0. The van der Waals surface area contributed by atoms with Crippen LogP contribution in [-0.4, -0.2) is 36.5 Å². The van der Waals surface area contributed by atoms with Gasteiger partial charge >= 0.3 is 6.09 Å². The first-order valence-corrected chi connectivity index (χ1v) is 6.92. The van der Waals surface area contributed by atoms with Gasteiger partial charge in [-0.2, -0.15) is 0 Å². The molecule has 0 heterocycles. The number of carbonyl (C=O) groups is 2. The van der Waals surface area contributed by atoms with Crippen LogP contribution >= 0.6 is 0 Å². The molecule has 0 saturated carbocycles. The van der Waals surface area contributed by atoms with E-state index >= 15 is 0 Å². The van der Waals surface area contributed by atoms with E-state index in [1.54, 1.807) is 52.1 Å². The molecule has 1 aromatic rings. The monoisotopic (exact) mass is 293 g/mol. The molecule has 5 nitrogen and oxygen atoms in total. The van der Waals surface area contributed by atoms with Crippen molar-refractivity contribution >= 4 is 12.4 Å². The van der Waals surface area contributed by atoms with Gasteiger partial charge in [-0.25, -0.2) is 4.79 Å². The van der Waals surface area contributed by atoms with Crippen LogP contribution in [0.5, 0.6) is 5.75 Å². The highest BCUT2D eigenvalue weighted by Gasteiger charge is 2.26. The summed E-state index contributed by atoms with van der Waals surface area (Å²) in [4.78, 5) is 24.7. The van der Waals surface area contributed by atoms with Gasteiger partial charge in [-0.05, 0) is 45.4 Å². The van der Waals surface area contributed by atoms with Gasteiger partial charge in [0.15, 0.2) is 0 Å². The number of ether oxygens (including phenoxy) is 2. The average molecular weight is 293 g/mol. The summed E-state index contributed by atoms with van der Waals surface area (Å²) in [6.45, 7) is 7.83. The summed E-state index contributed by atoms with van der Waals surface area (Å²) >= 11 is 0. The van der Waals surface area contributed by atoms with E-state index in [0.717, 1.165) is 12.0 Å². The van der Waals surface area contributed by atoms with Crippen molar-refractivity contribution in [1.29, 1.82) is 0 Å². The standard InChI is InChI=1S/C16H23NO4/c1-6-20-13-9-7-12(8-10-13)14(11-18)17(5)15(19)21-16(2,3)4/h7-11,14H,6H2,1-5H3. The molecule has 0 radical (unpaired) electrons. The molecule has 116 valence electrons. The lowest BCUT2D eigenvalue weighted by Crippen LogP contribution is -2.37. The first kappa shape index (κ1) is 17.0. The number of benzene rings is 1. The number of likely N-dealkylation sites (N-methyl/N-ethyl adjacent to an activating group) is 1. The number of aldehydes is 1. The summed E-state index contributed by atoms with van der Waals surface area (Å²) in [7, 11) is 1.55. The van der Waals surface area contributed by atoms with Crippen molar-refractivity contribution in [3.8, 4) is 5.75 Å². The van der Waals surface area contributed by atoms with Crippen LogP contribution in [0.15, 0.2) is 24.3 Å². The Kier molecular flexibility index (Phi) is 5.76. The zero-order valence-electron chi connectivity index (χ0n) is 13.3. The van der Waals surface area contributed by atoms with Crippen LogP contribution in [0.1, 0.15) is 39.3 Å². The van der Waals surface area contributed by atoms with Gasteiger partial charge in [0.25, 0.3) is 0 Å². The predicted octanol–water partition coefficient (Wildman–Crippen LogP) is 3.19. The van der Waals surface area contributed by atoms with E-state index in [-0.39, 0.29) is 0 Å². The van der Waals surface area contributed by atoms with Gasteiger partial charge in [-0.1, -0.05) is 12.1 Å². The van der Waals surface area contributed by atoms with E-state index in [9.17, 15) is 9.59 Å². The number of rotatable bonds is 5. The minimum absolute atomic E-state index is 0.534. The highest BCUT2D eigenvalue weighted by atomic mass is 16.6. The van der Waals surface area contributed by atoms with Crippen LogP contribution < -0.4 is 4.74 Å². The van der Waals surface area contributed by atoms with Crippen LogP contribution in [0.2, 0.25) is 0 Å². The van der Waals surface area contributed by atoms with E-state index in [4.69, 9.17) is 9.47 Å². The molecule has 1 aromatic carbocycles. The van der Waals surface area contributed by atoms with Crippen molar-refractivity contribution in [1.82, 2.24) is 4.90 Å². The van der Waals surface area contributed by atoms with Crippen LogP contribution in [0.4, 0.5) is 4.79 Å². The second-order valence-corrected chi connectivity index (χ2v) is 5.67. The maximum absolute atomic E-state index is 12.0. The summed E-state index contributed by atoms with van der Waals surface area (Å²) in [5.74, 6) is 0.728. The molecule has 0 fully saturated rings. The van der Waals surface area contributed by atoms with Crippen molar-refractivity contribution in [2.75, 3.05) is 13.7 Å². The molecular weight excluding hydrogens is 270 g/mol. The third-order valence-electron chi connectivity index (χ3n) is 2.76.